The summed E-state index contributed by atoms with van der Waals surface area (Å²) in [6, 6.07) is 3.47. The fourth-order valence-electron chi connectivity index (χ4n) is 1.72. The summed E-state index contributed by atoms with van der Waals surface area (Å²) in [7, 11) is -3.35. The normalized spacial score (nSPS) is 12.8. The van der Waals surface area contributed by atoms with E-state index in [1.165, 1.54) is 11.3 Å². The van der Waals surface area contributed by atoms with Crippen LogP contribution in [0.15, 0.2) is 20.1 Å². The molecule has 0 unspecified atom stereocenters. The lowest BCUT2D eigenvalue weighted by molar-refractivity contribution is 0.358. The Hall–Kier alpha value is 0.0900. The van der Waals surface area contributed by atoms with E-state index < -0.39 is 10.0 Å². The summed E-state index contributed by atoms with van der Waals surface area (Å²) in [5.41, 5.74) is 0. The second-order valence-electron chi connectivity index (χ2n) is 5.83. The molecule has 0 saturated carbocycles. The molecule has 1 rings (SSSR count). The van der Waals surface area contributed by atoms with E-state index in [1.807, 2.05) is 0 Å². The van der Waals surface area contributed by atoms with E-state index in [0.29, 0.717) is 29.1 Å². The Bertz CT molecular complexity index is 497. The van der Waals surface area contributed by atoms with Crippen molar-refractivity contribution in [2.24, 2.45) is 11.8 Å². The molecule has 0 aliphatic heterocycles. The SMILES string of the molecule is CC(C)CCN(CCC(C)C)S(=O)(=O)c1ccc(Br)s1. The van der Waals surface area contributed by atoms with Gasteiger partial charge in [0.05, 0.1) is 3.79 Å². The van der Waals surface area contributed by atoms with Crippen molar-refractivity contribution in [2.45, 2.75) is 44.7 Å². The molecule has 0 radical (unpaired) electrons. The van der Waals surface area contributed by atoms with Gasteiger partial charge in [-0.25, -0.2) is 8.42 Å². The summed E-state index contributed by atoms with van der Waals surface area (Å²) in [4.78, 5) is 0. The number of rotatable bonds is 8. The van der Waals surface area contributed by atoms with Crippen molar-refractivity contribution in [2.75, 3.05) is 13.1 Å². The number of thiophene rings is 1. The second-order valence-corrected chi connectivity index (χ2v) is 10.5. The summed E-state index contributed by atoms with van der Waals surface area (Å²) < 4.78 is 28.3. The molecule has 0 saturated heterocycles. The van der Waals surface area contributed by atoms with E-state index in [0.717, 1.165) is 16.6 Å². The predicted octanol–water partition coefficient (Wildman–Crippen LogP) is 4.59. The highest BCUT2D eigenvalue weighted by molar-refractivity contribution is 9.11. The van der Waals surface area contributed by atoms with Gasteiger partial charge in [0.1, 0.15) is 4.21 Å². The Morgan fingerprint density at radius 2 is 1.60 bits per heavy atom. The third kappa shape index (κ3) is 5.47. The minimum absolute atomic E-state index is 0.428. The lowest BCUT2D eigenvalue weighted by Crippen LogP contribution is -2.33. The van der Waals surface area contributed by atoms with Crippen molar-refractivity contribution in [3.05, 3.63) is 15.9 Å². The van der Waals surface area contributed by atoms with Crippen LogP contribution >= 0.6 is 27.3 Å². The van der Waals surface area contributed by atoms with E-state index in [2.05, 4.69) is 43.6 Å². The number of halogens is 1. The molecular weight excluding hydrogens is 358 g/mol. The highest BCUT2D eigenvalue weighted by Gasteiger charge is 2.25. The average molecular weight is 382 g/mol. The average Bonchev–Trinajstić information content (AvgIpc) is 2.75. The summed E-state index contributed by atoms with van der Waals surface area (Å²) in [6.07, 6.45) is 1.79. The van der Waals surface area contributed by atoms with Crippen LogP contribution in [-0.4, -0.2) is 25.8 Å². The van der Waals surface area contributed by atoms with Gasteiger partial charge in [-0.1, -0.05) is 27.7 Å². The Labute approximate surface area is 135 Å². The molecule has 0 N–H and O–H groups in total. The van der Waals surface area contributed by atoms with Gasteiger partial charge in [0.15, 0.2) is 0 Å². The van der Waals surface area contributed by atoms with Crippen molar-refractivity contribution >= 4 is 37.3 Å². The molecule has 0 fully saturated rings. The molecule has 6 heteroatoms. The van der Waals surface area contributed by atoms with Crippen LogP contribution in [0.5, 0.6) is 0 Å². The van der Waals surface area contributed by atoms with Crippen LogP contribution in [0.3, 0.4) is 0 Å². The maximum absolute atomic E-state index is 12.7. The number of nitrogens with zero attached hydrogens (tertiary/aromatic N) is 1. The van der Waals surface area contributed by atoms with Gasteiger partial charge in [-0.05, 0) is 52.7 Å². The summed E-state index contributed by atoms with van der Waals surface area (Å²) in [6.45, 7) is 9.68. The first kappa shape index (κ1) is 18.1. The van der Waals surface area contributed by atoms with Gasteiger partial charge < -0.3 is 0 Å². The van der Waals surface area contributed by atoms with Crippen molar-refractivity contribution in [3.63, 3.8) is 0 Å². The molecule has 0 aliphatic rings. The second kappa shape index (κ2) is 7.92. The monoisotopic (exact) mass is 381 g/mol. The molecule has 0 amide bonds. The zero-order chi connectivity index (χ0) is 15.3. The smallest absolute Gasteiger partial charge is 0.206 e. The molecule has 0 aromatic carbocycles. The molecule has 0 aliphatic carbocycles. The van der Waals surface area contributed by atoms with Crippen molar-refractivity contribution in [1.82, 2.24) is 4.31 Å². The molecule has 1 aromatic rings. The number of sulfonamides is 1. The topological polar surface area (TPSA) is 37.4 Å². The largest absolute Gasteiger partial charge is 0.252 e. The summed E-state index contributed by atoms with van der Waals surface area (Å²) >= 11 is 4.61. The lowest BCUT2D eigenvalue weighted by Gasteiger charge is -2.23. The zero-order valence-corrected chi connectivity index (χ0v) is 15.8. The third-order valence-electron chi connectivity index (χ3n) is 3.05. The fraction of sp³-hybridized carbons (Fsp3) is 0.714. The number of hydrogen-bond donors (Lipinski definition) is 0. The molecule has 0 spiro atoms. The predicted molar refractivity (Wildman–Crippen MR) is 89.7 cm³/mol. The van der Waals surface area contributed by atoms with Crippen LogP contribution in [0.4, 0.5) is 0 Å². The van der Waals surface area contributed by atoms with E-state index in [4.69, 9.17) is 0 Å². The van der Waals surface area contributed by atoms with Gasteiger partial charge >= 0.3 is 0 Å². The van der Waals surface area contributed by atoms with Crippen LogP contribution < -0.4 is 0 Å². The van der Waals surface area contributed by atoms with Gasteiger partial charge in [-0.3, -0.25) is 0 Å². The first-order valence-corrected chi connectivity index (χ1v) is 10.0. The zero-order valence-electron chi connectivity index (χ0n) is 12.6. The van der Waals surface area contributed by atoms with E-state index in [1.54, 1.807) is 16.4 Å². The standard InChI is InChI=1S/C14H24BrNO2S2/c1-11(2)7-9-16(10-8-12(3)4)20(17,18)14-6-5-13(15)19-14/h5-6,11-12H,7-10H2,1-4H3. The summed E-state index contributed by atoms with van der Waals surface area (Å²) in [5.74, 6) is 1.00. The Balaban J connectivity index is 2.89. The maximum Gasteiger partial charge on any atom is 0.252 e. The van der Waals surface area contributed by atoms with Gasteiger partial charge in [0.2, 0.25) is 0 Å². The molecule has 0 bridgehead atoms. The van der Waals surface area contributed by atoms with E-state index in [9.17, 15) is 8.42 Å². The van der Waals surface area contributed by atoms with Gasteiger partial charge in [0, 0.05) is 13.1 Å². The van der Waals surface area contributed by atoms with E-state index >= 15 is 0 Å². The van der Waals surface area contributed by atoms with Crippen molar-refractivity contribution in [1.29, 1.82) is 0 Å². The molecular formula is C14H24BrNO2S2. The highest BCUT2D eigenvalue weighted by Crippen LogP contribution is 2.29. The van der Waals surface area contributed by atoms with Crippen molar-refractivity contribution < 1.29 is 8.42 Å². The molecule has 1 aromatic heterocycles. The fourth-order valence-corrected chi connectivity index (χ4v) is 5.35. The first-order chi connectivity index (χ1) is 9.23. The molecule has 116 valence electrons. The minimum atomic E-state index is -3.35. The Morgan fingerprint density at radius 3 is 1.95 bits per heavy atom. The van der Waals surface area contributed by atoms with Gasteiger partial charge in [0.25, 0.3) is 10.0 Å². The quantitative estimate of drug-likeness (QED) is 0.659. The first-order valence-electron chi connectivity index (χ1n) is 6.99. The lowest BCUT2D eigenvalue weighted by atomic mass is 10.1. The van der Waals surface area contributed by atoms with Crippen molar-refractivity contribution in [3.8, 4) is 0 Å². The van der Waals surface area contributed by atoms with Crippen LogP contribution in [0.25, 0.3) is 0 Å². The maximum atomic E-state index is 12.7. The van der Waals surface area contributed by atoms with Crippen LogP contribution in [0.1, 0.15) is 40.5 Å². The van der Waals surface area contributed by atoms with Gasteiger partial charge in [-0.2, -0.15) is 4.31 Å². The Kier molecular flexibility index (Phi) is 7.18. The molecule has 3 nitrogen and oxygen atoms in total. The summed E-state index contributed by atoms with van der Waals surface area (Å²) in [5, 5.41) is 0. The number of hydrogen-bond acceptors (Lipinski definition) is 3. The highest BCUT2D eigenvalue weighted by atomic mass is 79.9. The van der Waals surface area contributed by atoms with Gasteiger partial charge in [-0.15, -0.1) is 11.3 Å². The molecule has 0 atom stereocenters. The van der Waals surface area contributed by atoms with Crippen LogP contribution in [0, 0.1) is 11.8 Å². The van der Waals surface area contributed by atoms with E-state index in [-0.39, 0.29) is 0 Å². The Morgan fingerprint density at radius 1 is 1.10 bits per heavy atom. The minimum Gasteiger partial charge on any atom is -0.206 e. The molecule has 1 heterocycles. The van der Waals surface area contributed by atoms with Crippen LogP contribution in [-0.2, 0) is 10.0 Å². The third-order valence-corrected chi connectivity index (χ3v) is 7.04. The molecule has 20 heavy (non-hydrogen) atoms. The van der Waals surface area contributed by atoms with Crippen LogP contribution in [0.2, 0.25) is 0 Å².